The number of nitrogens with two attached hydrogens (primary N) is 1. The van der Waals surface area contributed by atoms with Crippen LogP contribution in [0.1, 0.15) is 6.92 Å². The molecule has 1 amide bonds. The second-order valence-corrected chi connectivity index (χ2v) is 4.04. The summed E-state index contributed by atoms with van der Waals surface area (Å²) >= 11 is 0. The van der Waals surface area contributed by atoms with Crippen molar-refractivity contribution in [2.75, 3.05) is 25.4 Å². The van der Waals surface area contributed by atoms with Gasteiger partial charge in [-0.2, -0.15) is 5.10 Å². The van der Waals surface area contributed by atoms with Crippen LogP contribution in [-0.2, 0) is 11.3 Å². The predicted octanol–water partition coefficient (Wildman–Crippen LogP) is -0.714. The first-order valence-corrected chi connectivity index (χ1v) is 5.46. The van der Waals surface area contributed by atoms with Gasteiger partial charge in [0.1, 0.15) is 0 Å². The molecule has 1 saturated heterocycles. The fraction of sp³-hybridized carbons (Fsp3) is 0.600. The molecule has 88 valence electrons. The number of rotatable bonds is 3. The summed E-state index contributed by atoms with van der Waals surface area (Å²) in [6, 6.07) is -0.0540. The third-order valence-corrected chi connectivity index (χ3v) is 2.89. The van der Waals surface area contributed by atoms with Crippen LogP contribution in [0.3, 0.4) is 0 Å². The summed E-state index contributed by atoms with van der Waals surface area (Å²) in [4.78, 5) is 13.6. The number of carbonyl (C=O) groups is 1. The summed E-state index contributed by atoms with van der Waals surface area (Å²) < 4.78 is 1.80. The zero-order chi connectivity index (χ0) is 11.5. The Morgan fingerprint density at radius 2 is 2.44 bits per heavy atom. The number of hydrogen-bond acceptors (Lipinski definition) is 4. The van der Waals surface area contributed by atoms with Crippen molar-refractivity contribution < 1.29 is 4.79 Å². The van der Waals surface area contributed by atoms with E-state index < -0.39 is 0 Å². The largest absolute Gasteiger partial charge is 0.396 e. The number of nitrogen functional groups attached to an aromatic ring is 1. The molecule has 0 aromatic carbocycles. The summed E-state index contributed by atoms with van der Waals surface area (Å²) in [5.41, 5.74) is 6.25. The van der Waals surface area contributed by atoms with Crippen LogP contribution in [0.25, 0.3) is 0 Å². The van der Waals surface area contributed by atoms with Crippen LogP contribution in [0.15, 0.2) is 12.4 Å². The summed E-state index contributed by atoms with van der Waals surface area (Å²) in [6.07, 6.45) is 3.43. The van der Waals surface area contributed by atoms with Crippen molar-refractivity contribution in [2.24, 2.45) is 0 Å². The minimum Gasteiger partial charge on any atom is -0.396 e. The maximum Gasteiger partial charge on any atom is 0.237 e. The minimum absolute atomic E-state index is 0.0540. The zero-order valence-electron chi connectivity index (χ0n) is 9.39. The summed E-state index contributed by atoms with van der Waals surface area (Å²) in [7, 11) is 0. The maximum atomic E-state index is 11.4. The second kappa shape index (κ2) is 4.52. The number of hydrogen-bond donors (Lipinski definition) is 2. The minimum atomic E-state index is -0.0540. The van der Waals surface area contributed by atoms with E-state index in [0.717, 1.165) is 26.2 Å². The fourth-order valence-corrected chi connectivity index (χ4v) is 1.87. The molecular formula is C10H17N5O. The van der Waals surface area contributed by atoms with Gasteiger partial charge in [-0.05, 0) is 6.92 Å². The molecule has 1 aromatic heterocycles. The lowest BCUT2D eigenvalue weighted by Crippen LogP contribution is -2.54. The van der Waals surface area contributed by atoms with Gasteiger partial charge < -0.3 is 11.1 Å². The van der Waals surface area contributed by atoms with Gasteiger partial charge in [0.05, 0.1) is 24.5 Å². The third kappa shape index (κ3) is 2.33. The number of carbonyl (C=O) groups excluding carboxylic acids is 1. The van der Waals surface area contributed by atoms with Crippen LogP contribution in [-0.4, -0.2) is 46.3 Å². The molecule has 6 heteroatoms. The van der Waals surface area contributed by atoms with Gasteiger partial charge in [-0.25, -0.2) is 0 Å². The summed E-state index contributed by atoms with van der Waals surface area (Å²) in [5, 5.41) is 6.95. The Morgan fingerprint density at radius 3 is 3.12 bits per heavy atom. The highest BCUT2D eigenvalue weighted by Crippen LogP contribution is 2.04. The van der Waals surface area contributed by atoms with Crippen molar-refractivity contribution in [2.45, 2.75) is 19.5 Å². The fourth-order valence-electron chi connectivity index (χ4n) is 1.87. The number of piperazine rings is 1. The van der Waals surface area contributed by atoms with Crippen LogP contribution < -0.4 is 11.1 Å². The predicted molar refractivity (Wildman–Crippen MR) is 60.7 cm³/mol. The molecule has 0 aliphatic carbocycles. The van der Waals surface area contributed by atoms with E-state index in [1.54, 1.807) is 17.1 Å². The Hall–Kier alpha value is -1.56. The van der Waals surface area contributed by atoms with Crippen molar-refractivity contribution in [3.63, 3.8) is 0 Å². The molecule has 0 saturated carbocycles. The second-order valence-electron chi connectivity index (χ2n) is 4.04. The van der Waals surface area contributed by atoms with Gasteiger partial charge in [-0.15, -0.1) is 0 Å². The van der Waals surface area contributed by atoms with Crippen molar-refractivity contribution in [3.8, 4) is 0 Å². The van der Waals surface area contributed by atoms with E-state index in [-0.39, 0.29) is 11.9 Å². The molecule has 1 unspecified atom stereocenters. The molecule has 0 bridgehead atoms. The van der Waals surface area contributed by atoms with E-state index >= 15 is 0 Å². The van der Waals surface area contributed by atoms with E-state index in [4.69, 9.17) is 5.73 Å². The van der Waals surface area contributed by atoms with Crippen molar-refractivity contribution in [1.29, 1.82) is 0 Å². The number of amides is 1. The van der Waals surface area contributed by atoms with Gasteiger partial charge in [-0.3, -0.25) is 14.4 Å². The molecule has 3 N–H and O–H groups in total. The van der Waals surface area contributed by atoms with Gasteiger partial charge in [0.25, 0.3) is 0 Å². The van der Waals surface area contributed by atoms with E-state index in [9.17, 15) is 4.79 Å². The molecule has 1 atom stereocenters. The van der Waals surface area contributed by atoms with Gasteiger partial charge in [0.15, 0.2) is 0 Å². The Bertz CT molecular complexity index is 375. The van der Waals surface area contributed by atoms with Crippen molar-refractivity contribution >= 4 is 11.6 Å². The Morgan fingerprint density at radius 1 is 1.62 bits per heavy atom. The monoisotopic (exact) mass is 223 g/mol. The van der Waals surface area contributed by atoms with E-state index in [1.807, 2.05) is 6.92 Å². The Kier molecular flexibility index (Phi) is 3.09. The van der Waals surface area contributed by atoms with Crippen LogP contribution in [0.2, 0.25) is 0 Å². The highest BCUT2D eigenvalue weighted by molar-refractivity contribution is 5.81. The lowest BCUT2D eigenvalue weighted by molar-refractivity contribution is -0.128. The topological polar surface area (TPSA) is 76.2 Å². The molecule has 0 spiro atoms. The van der Waals surface area contributed by atoms with E-state index in [2.05, 4.69) is 15.3 Å². The molecule has 0 radical (unpaired) electrons. The molecule has 1 aromatic rings. The Labute approximate surface area is 94.4 Å². The van der Waals surface area contributed by atoms with Crippen LogP contribution in [0.4, 0.5) is 5.69 Å². The lowest BCUT2D eigenvalue weighted by Gasteiger charge is -2.32. The Balaban J connectivity index is 1.87. The maximum absolute atomic E-state index is 11.4. The third-order valence-electron chi connectivity index (χ3n) is 2.89. The zero-order valence-corrected chi connectivity index (χ0v) is 9.39. The molecule has 6 nitrogen and oxygen atoms in total. The number of nitrogens with one attached hydrogen (secondary N) is 1. The normalized spacial score (nSPS) is 22.1. The van der Waals surface area contributed by atoms with E-state index in [0.29, 0.717) is 5.69 Å². The molecule has 1 aliphatic rings. The average Bonchev–Trinajstić information content (AvgIpc) is 2.67. The average molecular weight is 223 g/mol. The molecule has 1 fully saturated rings. The molecule has 16 heavy (non-hydrogen) atoms. The molecule has 2 heterocycles. The van der Waals surface area contributed by atoms with Crippen LogP contribution in [0, 0.1) is 0 Å². The standard InChI is InChI=1S/C10H17N5O/c1-8-10(16)12-2-3-14(8)4-5-15-7-9(11)6-13-15/h6-8H,2-5,11H2,1H3,(H,12,16). The first kappa shape index (κ1) is 10.9. The highest BCUT2D eigenvalue weighted by atomic mass is 16.2. The number of nitrogens with zero attached hydrogens (tertiary/aromatic N) is 3. The summed E-state index contributed by atoms with van der Waals surface area (Å²) in [5.74, 6) is 0.103. The molecule has 2 rings (SSSR count). The van der Waals surface area contributed by atoms with Crippen LogP contribution >= 0.6 is 0 Å². The quantitative estimate of drug-likeness (QED) is 0.709. The SMILES string of the molecule is CC1C(=O)NCCN1CCn1cc(N)cn1. The van der Waals surface area contributed by atoms with Crippen molar-refractivity contribution in [1.82, 2.24) is 20.0 Å². The summed E-state index contributed by atoms with van der Waals surface area (Å²) in [6.45, 7) is 5.12. The highest BCUT2D eigenvalue weighted by Gasteiger charge is 2.24. The van der Waals surface area contributed by atoms with Gasteiger partial charge in [0, 0.05) is 25.8 Å². The number of anilines is 1. The first-order chi connectivity index (χ1) is 7.66. The van der Waals surface area contributed by atoms with Crippen LogP contribution in [0.5, 0.6) is 0 Å². The smallest absolute Gasteiger partial charge is 0.237 e. The van der Waals surface area contributed by atoms with Gasteiger partial charge >= 0.3 is 0 Å². The number of aromatic nitrogens is 2. The molecule has 1 aliphatic heterocycles. The van der Waals surface area contributed by atoms with Gasteiger partial charge in [-0.1, -0.05) is 0 Å². The lowest BCUT2D eigenvalue weighted by atomic mass is 10.2. The van der Waals surface area contributed by atoms with Gasteiger partial charge in [0.2, 0.25) is 5.91 Å². The molecular weight excluding hydrogens is 206 g/mol. The van der Waals surface area contributed by atoms with E-state index in [1.165, 1.54) is 0 Å². The van der Waals surface area contributed by atoms with Crippen molar-refractivity contribution in [3.05, 3.63) is 12.4 Å². The first-order valence-electron chi connectivity index (χ1n) is 5.46.